The van der Waals surface area contributed by atoms with Gasteiger partial charge in [-0.1, -0.05) is 32.6 Å². The molecule has 27 heavy (non-hydrogen) atoms. The zero-order chi connectivity index (χ0) is 19.4. The molecule has 5 heteroatoms. The van der Waals surface area contributed by atoms with E-state index in [4.69, 9.17) is 4.74 Å². The predicted molar refractivity (Wildman–Crippen MR) is 98.0 cm³/mol. The number of alkyl halides is 1. The van der Waals surface area contributed by atoms with Crippen LogP contribution in [0, 0.1) is 35.3 Å². The molecule has 0 radical (unpaired) electrons. The zero-order valence-electron chi connectivity index (χ0n) is 16.0. The number of carbonyl (C=O) groups is 1. The van der Waals surface area contributed by atoms with Crippen LogP contribution in [0.25, 0.3) is 0 Å². The Bertz CT molecular complexity index is 653. The van der Waals surface area contributed by atoms with Crippen molar-refractivity contribution in [2.24, 2.45) is 23.7 Å². The van der Waals surface area contributed by atoms with E-state index < -0.39 is 29.8 Å². The lowest BCUT2D eigenvalue weighted by Crippen LogP contribution is -2.22. The van der Waals surface area contributed by atoms with Gasteiger partial charge in [-0.15, -0.1) is 0 Å². The van der Waals surface area contributed by atoms with E-state index in [0.717, 1.165) is 56.1 Å². The van der Waals surface area contributed by atoms with Gasteiger partial charge in [0, 0.05) is 11.6 Å². The molecule has 2 fully saturated rings. The number of halogens is 3. The summed E-state index contributed by atoms with van der Waals surface area (Å²) in [5.41, 5.74) is -0.426. The highest BCUT2D eigenvalue weighted by atomic mass is 19.2. The fourth-order valence-electron chi connectivity index (χ4n) is 4.77. The summed E-state index contributed by atoms with van der Waals surface area (Å²) >= 11 is 0. The molecule has 3 rings (SSSR count). The van der Waals surface area contributed by atoms with E-state index in [2.05, 4.69) is 6.92 Å². The summed E-state index contributed by atoms with van der Waals surface area (Å²) in [6, 6.07) is 1.88. The van der Waals surface area contributed by atoms with E-state index in [1.807, 2.05) is 0 Å². The summed E-state index contributed by atoms with van der Waals surface area (Å²) in [6.45, 7) is 1.18. The van der Waals surface area contributed by atoms with Crippen molar-refractivity contribution in [3.05, 3.63) is 29.3 Å². The molecule has 1 aromatic rings. The van der Waals surface area contributed by atoms with E-state index in [1.165, 1.54) is 25.7 Å². The molecule has 2 nitrogen and oxygen atoms in total. The van der Waals surface area contributed by atoms with Crippen molar-refractivity contribution < 1.29 is 22.7 Å². The SMILES string of the molecule is CC1CCC(C2CCCC(C(=O)Oc3cc(F)c(F)c(CF)c3)CC2)CC1. The molecule has 2 saturated carbocycles. The van der Waals surface area contributed by atoms with Crippen molar-refractivity contribution in [1.29, 1.82) is 0 Å². The number of ether oxygens (including phenoxy) is 1. The number of esters is 1. The number of hydrogen-bond donors (Lipinski definition) is 0. The van der Waals surface area contributed by atoms with Crippen LogP contribution >= 0.6 is 0 Å². The molecule has 0 spiro atoms. The minimum atomic E-state index is -1.23. The summed E-state index contributed by atoms with van der Waals surface area (Å²) in [7, 11) is 0. The minimum Gasteiger partial charge on any atom is -0.426 e. The third-order valence-electron chi connectivity index (χ3n) is 6.51. The van der Waals surface area contributed by atoms with Gasteiger partial charge in [0.15, 0.2) is 11.6 Å². The van der Waals surface area contributed by atoms with Crippen molar-refractivity contribution in [2.75, 3.05) is 0 Å². The average molecular weight is 382 g/mol. The Hall–Kier alpha value is -1.52. The Kier molecular flexibility index (Phi) is 6.83. The minimum absolute atomic E-state index is 0.117. The first-order chi connectivity index (χ1) is 13.0. The lowest BCUT2D eigenvalue weighted by atomic mass is 9.74. The van der Waals surface area contributed by atoms with E-state index in [-0.39, 0.29) is 11.7 Å². The van der Waals surface area contributed by atoms with Crippen LogP contribution in [-0.4, -0.2) is 5.97 Å². The topological polar surface area (TPSA) is 26.3 Å². The van der Waals surface area contributed by atoms with Crippen LogP contribution in [0.2, 0.25) is 0 Å². The molecule has 0 amide bonds. The quantitative estimate of drug-likeness (QED) is 0.344. The van der Waals surface area contributed by atoms with Crippen LogP contribution in [0.4, 0.5) is 13.2 Å². The van der Waals surface area contributed by atoms with Crippen LogP contribution in [0.3, 0.4) is 0 Å². The second-order valence-electron chi connectivity index (χ2n) is 8.42. The molecule has 2 atom stereocenters. The molecular weight excluding hydrogens is 353 g/mol. The van der Waals surface area contributed by atoms with Crippen molar-refractivity contribution in [2.45, 2.75) is 71.4 Å². The molecule has 0 aliphatic heterocycles. The third-order valence-corrected chi connectivity index (χ3v) is 6.51. The molecule has 0 saturated heterocycles. The smallest absolute Gasteiger partial charge is 0.314 e. The summed E-state index contributed by atoms with van der Waals surface area (Å²) in [4.78, 5) is 12.5. The fourth-order valence-corrected chi connectivity index (χ4v) is 4.77. The maximum Gasteiger partial charge on any atom is 0.314 e. The predicted octanol–water partition coefficient (Wildman–Crippen LogP) is 6.36. The van der Waals surface area contributed by atoms with Gasteiger partial charge in [-0.25, -0.2) is 13.2 Å². The number of benzene rings is 1. The first-order valence-electron chi connectivity index (χ1n) is 10.2. The van der Waals surface area contributed by atoms with E-state index >= 15 is 0 Å². The molecule has 0 N–H and O–H groups in total. The van der Waals surface area contributed by atoms with Crippen molar-refractivity contribution in [3.63, 3.8) is 0 Å². The third kappa shape index (κ3) is 5.05. The normalized spacial score (nSPS) is 29.2. The molecule has 0 heterocycles. The van der Waals surface area contributed by atoms with Crippen LogP contribution in [-0.2, 0) is 11.5 Å². The van der Waals surface area contributed by atoms with Gasteiger partial charge >= 0.3 is 5.97 Å². The Morgan fingerprint density at radius 1 is 1.00 bits per heavy atom. The maximum absolute atomic E-state index is 13.5. The lowest BCUT2D eigenvalue weighted by molar-refractivity contribution is -0.139. The second kappa shape index (κ2) is 9.11. The van der Waals surface area contributed by atoms with Crippen molar-refractivity contribution >= 4 is 5.97 Å². The van der Waals surface area contributed by atoms with Crippen LogP contribution < -0.4 is 4.74 Å². The average Bonchev–Trinajstić information content (AvgIpc) is 2.91. The van der Waals surface area contributed by atoms with Crippen molar-refractivity contribution in [3.8, 4) is 5.75 Å². The molecule has 2 aliphatic carbocycles. The number of hydrogen-bond acceptors (Lipinski definition) is 2. The first-order valence-corrected chi connectivity index (χ1v) is 10.2. The van der Waals surface area contributed by atoms with Gasteiger partial charge in [0.05, 0.1) is 5.92 Å². The summed E-state index contributed by atoms with van der Waals surface area (Å²) in [6.07, 6.45) is 9.90. The van der Waals surface area contributed by atoms with Crippen molar-refractivity contribution in [1.82, 2.24) is 0 Å². The highest BCUT2D eigenvalue weighted by Crippen LogP contribution is 2.40. The molecule has 0 aromatic heterocycles. The van der Waals surface area contributed by atoms with Gasteiger partial charge in [-0.05, 0) is 55.9 Å². The first kappa shape index (κ1) is 20.2. The van der Waals surface area contributed by atoms with Gasteiger partial charge in [0.1, 0.15) is 12.4 Å². The van der Waals surface area contributed by atoms with E-state index in [9.17, 15) is 18.0 Å². The summed E-state index contributed by atoms with van der Waals surface area (Å²) in [5, 5.41) is 0. The molecule has 1 aromatic carbocycles. The lowest BCUT2D eigenvalue weighted by Gasteiger charge is -2.32. The number of rotatable bonds is 4. The fraction of sp³-hybridized carbons (Fsp3) is 0.682. The monoisotopic (exact) mass is 382 g/mol. The standard InChI is InChI=1S/C22H29F3O2/c1-14-5-7-16(8-6-14)15-3-2-4-17(10-9-15)22(26)27-19-11-18(13-23)21(25)20(24)12-19/h11-12,14-17H,2-10,13H2,1H3. The Labute approximate surface area is 159 Å². The number of carbonyl (C=O) groups excluding carboxylic acids is 1. The summed E-state index contributed by atoms with van der Waals surface area (Å²) < 4.78 is 45.0. The zero-order valence-corrected chi connectivity index (χ0v) is 16.0. The molecule has 150 valence electrons. The highest BCUT2D eigenvalue weighted by Gasteiger charge is 2.31. The van der Waals surface area contributed by atoms with Crippen LogP contribution in [0.15, 0.2) is 12.1 Å². The largest absolute Gasteiger partial charge is 0.426 e. The second-order valence-corrected chi connectivity index (χ2v) is 8.42. The van der Waals surface area contributed by atoms with Crippen LogP contribution in [0.1, 0.15) is 70.3 Å². The van der Waals surface area contributed by atoms with E-state index in [1.54, 1.807) is 0 Å². The molecule has 2 aliphatic rings. The Balaban J connectivity index is 1.57. The van der Waals surface area contributed by atoms with Gasteiger partial charge < -0.3 is 4.74 Å². The molecular formula is C22H29F3O2. The van der Waals surface area contributed by atoms with Gasteiger partial charge in [0.2, 0.25) is 0 Å². The van der Waals surface area contributed by atoms with Gasteiger partial charge in [-0.3, -0.25) is 4.79 Å². The Morgan fingerprint density at radius 2 is 1.67 bits per heavy atom. The highest BCUT2D eigenvalue weighted by molar-refractivity contribution is 5.75. The van der Waals surface area contributed by atoms with Crippen LogP contribution in [0.5, 0.6) is 5.75 Å². The summed E-state index contributed by atoms with van der Waals surface area (Å²) in [5.74, 6) is -0.889. The van der Waals surface area contributed by atoms with Gasteiger partial charge in [0.25, 0.3) is 0 Å². The van der Waals surface area contributed by atoms with E-state index in [0.29, 0.717) is 5.92 Å². The van der Waals surface area contributed by atoms with Gasteiger partial charge in [-0.2, -0.15) is 0 Å². The molecule has 0 bridgehead atoms. The maximum atomic E-state index is 13.5. The molecule has 2 unspecified atom stereocenters. The Morgan fingerprint density at radius 3 is 2.37 bits per heavy atom.